The molecule has 0 bridgehead atoms. The van der Waals surface area contributed by atoms with E-state index >= 15 is 0 Å². The van der Waals surface area contributed by atoms with Gasteiger partial charge in [0, 0.05) is 65.7 Å². The molecule has 7 rings (SSSR count). The lowest BCUT2D eigenvalue weighted by atomic mass is 9.84. The van der Waals surface area contributed by atoms with Crippen molar-refractivity contribution < 1.29 is 18.0 Å². The molecular weight excluding hydrogens is 565 g/mol. The summed E-state index contributed by atoms with van der Waals surface area (Å²) in [6, 6.07) is 9.93. The second-order valence-electron chi connectivity index (χ2n) is 10.9. The van der Waals surface area contributed by atoms with E-state index in [1.807, 2.05) is 23.1 Å². The third kappa shape index (κ3) is 4.42. The molecule has 1 amide bonds. The lowest BCUT2D eigenvalue weighted by Gasteiger charge is -2.53. The number of thiophene rings is 1. The van der Waals surface area contributed by atoms with Gasteiger partial charge in [0.05, 0.1) is 34.8 Å². The minimum atomic E-state index is -4.47. The molecule has 0 atom stereocenters. The van der Waals surface area contributed by atoms with Crippen LogP contribution in [-0.2, 0) is 11.7 Å². The number of nitriles is 1. The summed E-state index contributed by atoms with van der Waals surface area (Å²) >= 11 is 1.10. The van der Waals surface area contributed by atoms with E-state index in [4.69, 9.17) is 0 Å². The summed E-state index contributed by atoms with van der Waals surface area (Å²) in [6.07, 6.45) is 4.40. The SMILES string of the molecule is N#CCC1(n2cc(-c3ncnc4[nH]ccc34)cn2)CN(C2CCN(C(=O)c3cc4c(C(F)(F)F)cccc4s3)CC2)C1. The Morgan fingerprint density at radius 3 is 2.74 bits per heavy atom. The Labute approximate surface area is 242 Å². The Morgan fingerprint density at radius 1 is 1.17 bits per heavy atom. The minimum absolute atomic E-state index is 0.0710. The standard InChI is InChI=1S/C29H25F3N8OS/c30-29(31,32)22-2-1-3-23-21(22)12-24(42-23)27(41)38-10-5-19(6-11-38)39-15-28(16-39,7-8-33)40-14-18(13-37-40)25-20-4-9-34-26(20)36-17-35-25/h1-4,9,12-14,17,19H,5-7,10-11,15-16H2,(H,34,35,36). The molecule has 2 saturated heterocycles. The molecular formula is C29H25F3N8OS. The fourth-order valence-electron chi connectivity index (χ4n) is 6.26. The van der Waals surface area contributed by atoms with Crippen molar-refractivity contribution >= 4 is 38.4 Å². The Morgan fingerprint density at radius 2 is 1.98 bits per heavy atom. The van der Waals surface area contributed by atoms with E-state index in [0.717, 1.165) is 52.5 Å². The van der Waals surface area contributed by atoms with Crippen LogP contribution in [0.25, 0.3) is 32.4 Å². The Hall–Kier alpha value is -4.28. The van der Waals surface area contributed by atoms with Crippen LogP contribution in [0.2, 0.25) is 0 Å². The molecule has 9 nitrogen and oxygen atoms in total. The van der Waals surface area contributed by atoms with Gasteiger partial charge in [0.15, 0.2) is 0 Å². The summed E-state index contributed by atoms with van der Waals surface area (Å²) in [4.78, 5) is 29.4. The van der Waals surface area contributed by atoms with Gasteiger partial charge < -0.3 is 9.88 Å². The molecule has 1 N–H and O–H groups in total. The Kier molecular flexibility index (Phi) is 6.29. The molecule has 0 saturated carbocycles. The zero-order valence-electron chi connectivity index (χ0n) is 22.3. The number of carbonyl (C=O) groups excluding carboxylic acids is 1. The summed E-state index contributed by atoms with van der Waals surface area (Å²) in [5.74, 6) is -0.226. The lowest BCUT2D eigenvalue weighted by molar-refractivity contribution is -0.136. The average molecular weight is 591 g/mol. The number of halogens is 3. The fraction of sp³-hybridized carbons (Fsp3) is 0.345. The number of aromatic nitrogens is 5. The number of carbonyl (C=O) groups is 1. The molecule has 2 fully saturated rings. The molecule has 0 spiro atoms. The van der Waals surface area contributed by atoms with Crippen molar-refractivity contribution in [3.8, 4) is 17.3 Å². The number of rotatable bonds is 5. The van der Waals surface area contributed by atoms with E-state index in [9.17, 15) is 23.2 Å². The van der Waals surface area contributed by atoms with Gasteiger partial charge in [-0.15, -0.1) is 11.3 Å². The van der Waals surface area contributed by atoms with Gasteiger partial charge in [-0.05, 0) is 37.1 Å². The maximum atomic E-state index is 13.5. The molecule has 5 aromatic rings. The number of hydrogen-bond acceptors (Lipinski definition) is 7. The van der Waals surface area contributed by atoms with Crippen LogP contribution in [0.15, 0.2) is 55.2 Å². The predicted molar refractivity (Wildman–Crippen MR) is 151 cm³/mol. The molecule has 2 aliphatic heterocycles. The first kappa shape index (κ1) is 26.6. The largest absolute Gasteiger partial charge is 0.417 e. The van der Waals surface area contributed by atoms with E-state index in [1.54, 1.807) is 17.2 Å². The van der Waals surface area contributed by atoms with Crippen LogP contribution >= 0.6 is 11.3 Å². The van der Waals surface area contributed by atoms with Crippen LogP contribution in [0.1, 0.15) is 34.5 Å². The molecule has 2 aliphatic rings. The number of aromatic amines is 1. The topological polar surface area (TPSA) is 107 Å². The second-order valence-corrected chi connectivity index (χ2v) is 12.0. The first-order chi connectivity index (χ1) is 20.3. The molecule has 0 unspecified atom stereocenters. The van der Waals surface area contributed by atoms with E-state index < -0.39 is 17.3 Å². The van der Waals surface area contributed by atoms with E-state index in [-0.39, 0.29) is 17.3 Å². The molecule has 1 aromatic carbocycles. The highest BCUT2D eigenvalue weighted by Crippen LogP contribution is 2.40. The van der Waals surface area contributed by atoms with Crippen LogP contribution in [-0.4, -0.2) is 72.7 Å². The maximum Gasteiger partial charge on any atom is 0.417 e. The summed E-state index contributed by atoms with van der Waals surface area (Å²) in [5.41, 5.74) is 1.22. The number of fused-ring (bicyclic) bond motifs is 2. The van der Waals surface area contributed by atoms with E-state index in [0.29, 0.717) is 42.2 Å². The van der Waals surface area contributed by atoms with Gasteiger partial charge in [0.2, 0.25) is 0 Å². The van der Waals surface area contributed by atoms with Crippen molar-refractivity contribution in [3.05, 3.63) is 65.7 Å². The van der Waals surface area contributed by atoms with Gasteiger partial charge in [-0.1, -0.05) is 6.07 Å². The molecule has 6 heterocycles. The van der Waals surface area contributed by atoms with Gasteiger partial charge in [-0.2, -0.15) is 23.5 Å². The van der Waals surface area contributed by atoms with Crippen LogP contribution in [0, 0.1) is 11.3 Å². The monoisotopic (exact) mass is 590 g/mol. The summed E-state index contributed by atoms with van der Waals surface area (Å²) in [7, 11) is 0. The third-order valence-electron chi connectivity index (χ3n) is 8.44. The van der Waals surface area contributed by atoms with Gasteiger partial charge in [0.1, 0.15) is 17.5 Å². The number of hydrogen-bond donors (Lipinski definition) is 1. The minimum Gasteiger partial charge on any atom is -0.346 e. The first-order valence-electron chi connectivity index (χ1n) is 13.6. The number of amides is 1. The molecule has 0 aliphatic carbocycles. The molecule has 0 radical (unpaired) electrons. The van der Waals surface area contributed by atoms with Gasteiger partial charge >= 0.3 is 6.18 Å². The summed E-state index contributed by atoms with van der Waals surface area (Å²) in [6.45, 7) is 2.39. The second kappa shape index (κ2) is 9.92. The van der Waals surface area contributed by atoms with Crippen LogP contribution in [0.3, 0.4) is 0 Å². The molecule has 4 aromatic heterocycles. The summed E-state index contributed by atoms with van der Waals surface area (Å²) < 4.78 is 42.7. The number of piperidine rings is 1. The van der Waals surface area contributed by atoms with Crippen LogP contribution < -0.4 is 0 Å². The van der Waals surface area contributed by atoms with Crippen molar-refractivity contribution in [1.82, 2.24) is 34.5 Å². The number of alkyl halides is 3. The quantitative estimate of drug-likeness (QED) is 0.298. The van der Waals surface area contributed by atoms with Crippen molar-refractivity contribution in [3.63, 3.8) is 0 Å². The molecule has 13 heteroatoms. The normalized spacial score (nSPS) is 17.9. The predicted octanol–water partition coefficient (Wildman–Crippen LogP) is 5.28. The molecule has 214 valence electrons. The smallest absolute Gasteiger partial charge is 0.346 e. The van der Waals surface area contributed by atoms with Gasteiger partial charge in [-0.25, -0.2) is 9.97 Å². The van der Waals surface area contributed by atoms with Crippen molar-refractivity contribution in [2.24, 2.45) is 0 Å². The number of nitrogens with zero attached hydrogens (tertiary/aromatic N) is 7. The number of H-pyrrole nitrogens is 1. The third-order valence-corrected chi connectivity index (χ3v) is 9.53. The fourth-order valence-corrected chi connectivity index (χ4v) is 7.32. The zero-order valence-corrected chi connectivity index (χ0v) is 23.1. The van der Waals surface area contributed by atoms with Crippen molar-refractivity contribution in [2.45, 2.75) is 37.0 Å². The van der Waals surface area contributed by atoms with Crippen LogP contribution in [0.4, 0.5) is 13.2 Å². The number of likely N-dealkylation sites (tertiary alicyclic amines) is 2. The van der Waals surface area contributed by atoms with Gasteiger partial charge in [-0.3, -0.25) is 14.4 Å². The Balaban J connectivity index is 1.02. The molecule has 42 heavy (non-hydrogen) atoms. The summed E-state index contributed by atoms with van der Waals surface area (Å²) in [5, 5.41) is 15.2. The Bertz CT molecular complexity index is 1840. The maximum absolute atomic E-state index is 13.5. The van der Waals surface area contributed by atoms with Crippen molar-refractivity contribution in [1.29, 1.82) is 5.26 Å². The van der Waals surface area contributed by atoms with E-state index in [1.165, 1.54) is 18.5 Å². The lowest BCUT2D eigenvalue weighted by Crippen LogP contribution is -2.66. The first-order valence-corrected chi connectivity index (χ1v) is 14.4. The highest BCUT2D eigenvalue weighted by atomic mass is 32.1. The van der Waals surface area contributed by atoms with E-state index in [2.05, 4.69) is 31.0 Å². The van der Waals surface area contributed by atoms with Crippen LogP contribution in [0.5, 0.6) is 0 Å². The highest BCUT2D eigenvalue weighted by molar-refractivity contribution is 7.20. The zero-order chi connectivity index (χ0) is 29.1. The number of nitrogens with one attached hydrogen (secondary N) is 1. The average Bonchev–Trinajstić information content (AvgIpc) is 3.73. The highest BCUT2D eigenvalue weighted by Gasteiger charge is 2.48. The van der Waals surface area contributed by atoms with Gasteiger partial charge in [0.25, 0.3) is 5.91 Å². The number of benzene rings is 1. The van der Waals surface area contributed by atoms with Crippen molar-refractivity contribution in [2.75, 3.05) is 26.2 Å².